The highest BCUT2D eigenvalue weighted by Gasteiger charge is 2.15. The van der Waals surface area contributed by atoms with E-state index in [4.69, 9.17) is 0 Å². The summed E-state index contributed by atoms with van der Waals surface area (Å²) in [6.45, 7) is 7.00. The van der Waals surface area contributed by atoms with Gasteiger partial charge in [0.2, 0.25) is 0 Å². The monoisotopic (exact) mass is 151 g/mol. The number of allylic oxidation sites excluding steroid dienone is 2. The Morgan fingerprint density at radius 3 is 3.18 bits per heavy atom. The average molecular weight is 151 g/mol. The van der Waals surface area contributed by atoms with Crippen LogP contribution >= 0.6 is 0 Å². The summed E-state index contributed by atoms with van der Waals surface area (Å²) in [5.41, 5.74) is 0. The molecule has 0 heterocycles. The van der Waals surface area contributed by atoms with Gasteiger partial charge in [0, 0.05) is 6.54 Å². The van der Waals surface area contributed by atoms with Crippen molar-refractivity contribution in [1.82, 2.24) is 5.32 Å². The number of nitrogens with one attached hydrogen (secondary N) is 1. The van der Waals surface area contributed by atoms with E-state index in [-0.39, 0.29) is 0 Å². The highest BCUT2D eigenvalue weighted by atomic mass is 14.8. The number of hydrogen-bond donors (Lipinski definition) is 1. The first kappa shape index (κ1) is 8.38. The molecule has 1 aliphatic carbocycles. The molecule has 0 radical (unpaired) electrons. The summed E-state index contributed by atoms with van der Waals surface area (Å²) in [5.74, 6) is 1.54. The molecule has 1 N–H and O–H groups in total. The molecule has 1 aliphatic rings. The SMILES string of the molecule is C=CNCC1CCC=CC1C. The second kappa shape index (κ2) is 4.22. The van der Waals surface area contributed by atoms with Crippen molar-refractivity contribution in [3.63, 3.8) is 0 Å². The molecule has 0 amide bonds. The van der Waals surface area contributed by atoms with Crippen LogP contribution in [-0.4, -0.2) is 6.54 Å². The first-order valence-corrected chi connectivity index (χ1v) is 4.35. The Morgan fingerprint density at radius 2 is 2.55 bits per heavy atom. The summed E-state index contributed by atoms with van der Waals surface area (Å²) in [6, 6.07) is 0. The maximum atomic E-state index is 3.64. The largest absolute Gasteiger partial charge is 0.391 e. The Bertz CT molecular complexity index is 149. The molecule has 11 heavy (non-hydrogen) atoms. The van der Waals surface area contributed by atoms with Gasteiger partial charge in [-0.25, -0.2) is 0 Å². The molecule has 1 rings (SSSR count). The van der Waals surface area contributed by atoms with E-state index in [1.807, 2.05) is 0 Å². The lowest BCUT2D eigenvalue weighted by molar-refractivity contribution is 0.372. The van der Waals surface area contributed by atoms with E-state index >= 15 is 0 Å². The van der Waals surface area contributed by atoms with Crippen LogP contribution in [0.2, 0.25) is 0 Å². The van der Waals surface area contributed by atoms with Crippen molar-refractivity contribution in [2.45, 2.75) is 19.8 Å². The van der Waals surface area contributed by atoms with Crippen molar-refractivity contribution in [3.05, 3.63) is 24.9 Å². The predicted octanol–water partition coefficient (Wildman–Crippen LogP) is 2.32. The molecule has 0 aromatic rings. The summed E-state index contributed by atoms with van der Waals surface area (Å²) >= 11 is 0. The molecule has 0 aromatic carbocycles. The van der Waals surface area contributed by atoms with Crippen molar-refractivity contribution in [2.75, 3.05) is 6.54 Å². The lowest BCUT2D eigenvalue weighted by atomic mass is 9.85. The maximum absolute atomic E-state index is 3.64. The zero-order chi connectivity index (χ0) is 8.10. The molecular weight excluding hydrogens is 134 g/mol. The Morgan fingerprint density at radius 1 is 1.73 bits per heavy atom. The predicted molar refractivity (Wildman–Crippen MR) is 49.2 cm³/mol. The third kappa shape index (κ3) is 2.41. The van der Waals surface area contributed by atoms with Crippen molar-refractivity contribution < 1.29 is 0 Å². The maximum Gasteiger partial charge on any atom is 0.0175 e. The van der Waals surface area contributed by atoms with Gasteiger partial charge in [-0.2, -0.15) is 0 Å². The van der Waals surface area contributed by atoms with Gasteiger partial charge in [0.15, 0.2) is 0 Å². The van der Waals surface area contributed by atoms with Crippen LogP contribution in [0.3, 0.4) is 0 Å². The van der Waals surface area contributed by atoms with Crippen LogP contribution in [0.1, 0.15) is 19.8 Å². The van der Waals surface area contributed by atoms with Crippen LogP contribution in [-0.2, 0) is 0 Å². The molecule has 0 bridgehead atoms. The molecule has 2 unspecified atom stereocenters. The molecule has 1 heteroatoms. The topological polar surface area (TPSA) is 12.0 Å². The average Bonchev–Trinajstić information content (AvgIpc) is 2.03. The van der Waals surface area contributed by atoms with Gasteiger partial charge in [0.25, 0.3) is 0 Å². The minimum Gasteiger partial charge on any atom is -0.391 e. The van der Waals surface area contributed by atoms with E-state index < -0.39 is 0 Å². The van der Waals surface area contributed by atoms with Crippen molar-refractivity contribution >= 4 is 0 Å². The molecular formula is C10H17N. The minimum absolute atomic E-state index is 0.733. The van der Waals surface area contributed by atoms with E-state index in [1.165, 1.54) is 12.8 Å². The van der Waals surface area contributed by atoms with Crippen LogP contribution in [0, 0.1) is 11.8 Å². The summed E-state index contributed by atoms with van der Waals surface area (Å²) in [5, 5.41) is 3.18. The molecule has 0 saturated heterocycles. The zero-order valence-electron chi connectivity index (χ0n) is 7.22. The van der Waals surface area contributed by atoms with Crippen LogP contribution in [0.4, 0.5) is 0 Å². The van der Waals surface area contributed by atoms with Crippen LogP contribution in [0.5, 0.6) is 0 Å². The second-order valence-electron chi connectivity index (χ2n) is 3.24. The lowest BCUT2D eigenvalue weighted by Crippen LogP contribution is -2.24. The number of hydrogen-bond acceptors (Lipinski definition) is 1. The van der Waals surface area contributed by atoms with Gasteiger partial charge >= 0.3 is 0 Å². The van der Waals surface area contributed by atoms with Gasteiger partial charge in [0.1, 0.15) is 0 Å². The summed E-state index contributed by atoms with van der Waals surface area (Å²) in [6.07, 6.45) is 8.95. The fraction of sp³-hybridized carbons (Fsp3) is 0.600. The van der Waals surface area contributed by atoms with Crippen molar-refractivity contribution in [1.29, 1.82) is 0 Å². The Hall–Kier alpha value is -0.720. The van der Waals surface area contributed by atoms with Gasteiger partial charge in [0.05, 0.1) is 0 Å². The van der Waals surface area contributed by atoms with Crippen molar-refractivity contribution in [2.24, 2.45) is 11.8 Å². The van der Waals surface area contributed by atoms with Crippen LogP contribution in [0.25, 0.3) is 0 Å². The summed E-state index contributed by atoms with van der Waals surface area (Å²) < 4.78 is 0. The lowest BCUT2D eigenvalue weighted by Gasteiger charge is -2.24. The zero-order valence-corrected chi connectivity index (χ0v) is 7.22. The van der Waals surface area contributed by atoms with Gasteiger partial charge in [-0.05, 0) is 30.9 Å². The fourth-order valence-corrected chi connectivity index (χ4v) is 1.56. The van der Waals surface area contributed by atoms with Crippen molar-refractivity contribution in [3.8, 4) is 0 Å². The summed E-state index contributed by atoms with van der Waals surface area (Å²) in [7, 11) is 0. The molecule has 0 aliphatic heterocycles. The Kier molecular flexibility index (Phi) is 3.21. The second-order valence-corrected chi connectivity index (χ2v) is 3.24. The van der Waals surface area contributed by atoms with Crippen LogP contribution in [0.15, 0.2) is 24.9 Å². The molecule has 1 nitrogen and oxygen atoms in total. The van der Waals surface area contributed by atoms with E-state index in [2.05, 4.69) is 31.0 Å². The summed E-state index contributed by atoms with van der Waals surface area (Å²) in [4.78, 5) is 0. The van der Waals surface area contributed by atoms with Gasteiger partial charge in [-0.3, -0.25) is 0 Å². The van der Waals surface area contributed by atoms with E-state index in [9.17, 15) is 0 Å². The minimum atomic E-state index is 0.733. The molecule has 0 saturated carbocycles. The van der Waals surface area contributed by atoms with E-state index in [0.29, 0.717) is 0 Å². The fourth-order valence-electron chi connectivity index (χ4n) is 1.56. The van der Waals surface area contributed by atoms with Crippen LogP contribution < -0.4 is 5.32 Å². The van der Waals surface area contributed by atoms with Gasteiger partial charge < -0.3 is 5.32 Å². The third-order valence-electron chi connectivity index (χ3n) is 2.41. The Labute approximate surface area is 69.2 Å². The quantitative estimate of drug-likeness (QED) is 0.610. The molecule has 2 atom stereocenters. The first-order valence-electron chi connectivity index (χ1n) is 4.35. The molecule has 62 valence electrons. The standard InChI is InChI=1S/C10H17N/c1-3-11-8-10-7-5-4-6-9(10)2/h3-4,6,9-11H,1,5,7-8H2,2H3. The highest BCUT2D eigenvalue weighted by Crippen LogP contribution is 2.23. The highest BCUT2D eigenvalue weighted by molar-refractivity contribution is 4.95. The third-order valence-corrected chi connectivity index (χ3v) is 2.41. The van der Waals surface area contributed by atoms with E-state index in [1.54, 1.807) is 6.20 Å². The smallest absolute Gasteiger partial charge is 0.0175 e. The normalized spacial score (nSPS) is 29.9. The van der Waals surface area contributed by atoms with Gasteiger partial charge in [-0.15, -0.1) is 0 Å². The Balaban J connectivity index is 2.32. The van der Waals surface area contributed by atoms with Gasteiger partial charge in [-0.1, -0.05) is 25.7 Å². The molecule has 0 aromatic heterocycles. The van der Waals surface area contributed by atoms with E-state index in [0.717, 1.165) is 18.4 Å². The molecule has 0 spiro atoms. The first-order chi connectivity index (χ1) is 5.34. The molecule has 0 fully saturated rings. The number of rotatable bonds is 3.